The molecule has 0 aliphatic heterocycles. The molecule has 0 aliphatic rings. The maximum atomic E-state index is 13.0. The van der Waals surface area contributed by atoms with E-state index in [1.807, 2.05) is 6.92 Å². The van der Waals surface area contributed by atoms with Crippen molar-refractivity contribution in [2.45, 2.75) is 41.0 Å². The van der Waals surface area contributed by atoms with Gasteiger partial charge in [-0.25, -0.2) is 9.82 Å². The lowest BCUT2D eigenvalue weighted by molar-refractivity contribution is -0.120. The second kappa shape index (κ2) is 8.43. The molecule has 0 saturated heterocycles. The first-order chi connectivity index (χ1) is 13.8. The second-order valence-corrected chi connectivity index (χ2v) is 7.51. The molecule has 0 fully saturated rings. The summed E-state index contributed by atoms with van der Waals surface area (Å²) in [7, 11) is 0. The van der Waals surface area contributed by atoms with Gasteiger partial charge in [-0.1, -0.05) is 29.8 Å². The quantitative estimate of drug-likeness (QED) is 0.490. The van der Waals surface area contributed by atoms with E-state index in [0.717, 1.165) is 22.5 Å². The summed E-state index contributed by atoms with van der Waals surface area (Å²) in [6.07, 6.45) is 1.82. The molecule has 4 nitrogen and oxygen atoms in total. The van der Waals surface area contributed by atoms with E-state index in [-0.39, 0.29) is 18.1 Å². The number of halogens is 1. The summed E-state index contributed by atoms with van der Waals surface area (Å²) in [5, 5.41) is 4.11. The topological polar surface area (TPSA) is 46.4 Å². The predicted molar refractivity (Wildman–Crippen MR) is 115 cm³/mol. The number of aromatic nitrogens is 1. The molecule has 29 heavy (non-hydrogen) atoms. The van der Waals surface area contributed by atoms with E-state index in [1.54, 1.807) is 18.3 Å². The van der Waals surface area contributed by atoms with Gasteiger partial charge in [0.05, 0.1) is 18.3 Å². The summed E-state index contributed by atoms with van der Waals surface area (Å²) in [5.74, 6) is -0.562. The van der Waals surface area contributed by atoms with Gasteiger partial charge < -0.3 is 4.57 Å². The highest BCUT2D eigenvalue weighted by Crippen LogP contribution is 2.26. The Balaban J connectivity index is 1.77. The Labute approximate surface area is 171 Å². The van der Waals surface area contributed by atoms with E-state index in [9.17, 15) is 9.18 Å². The zero-order chi connectivity index (χ0) is 21.1. The highest BCUT2D eigenvalue weighted by Gasteiger charge is 2.14. The van der Waals surface area contributed by atoms with Crippen LogP contribution in [0.15, 0.2) is 47.6 Å². The van der Waals surface area contributed by atoms with Crippen molar-refractivity contribution < 1.29 is 9.18 Å². The zero-order valence-corrected chi connectivity index (χ0v) is 17.5. The molecule has 0 atom stereocenters. The molecule has 150 valence electrons. The molecule has 5 heteroatoms. The van der Waals surface area contributed by atoms with Crippen LogP contribution in [0, 0.1) is 40.4 Å². The number of rotatable bonds is 5. The van der Waals surface area contributed by atoms with Crippen molar-refractivity contribution in [3.8, 4) is 5.69 Å². The molecule has 1 heterocycles. The molecule has 0 saturated carbocycles. The minimum absolute atomic E-state index is 0.151. The number of hydrogen-bond acceptors (Lipinski definition) is 2. The van der Waals surface area contributed by atoms with E-state index in [2.05, 4.69) is 61.0 Å². The molecule has 1 aromatic heterocycles. The number of carbonyl (C=O) groups excluding carboxylic acids is 1. The highest BCUT2D eigenvalue weighted by atomic mass is 19.1. The average molecular weight is 391 g/mol. The van der Waals surface area contributed by atoms with Crippen LogP contribution >= 0.6 is 0 Å². The molecular formula is C24H26FN3O. The summed E-state index contributed by atoms with van der Waals surface area (Å²) in [6, 6.07) is 12.3. The van der Waals surface area contributed by atoms with Crippen LogP contribution < -0.4 is 5.43 Å². The summed E-state index contributed by atoms with van der Waals surface area (Å²) >= 11 is 0. The van der Waals surface area contributed by atoms with Crippen molar-refractivity contribution in [3.63, 3.8) is 0 Å². The fourth-order valence-electron chi connectivity index (χ4n) is 3.79. The molecule has 3 rings (SSSR count). The first kappa shape index (κ1) is 20.5. The molecule has 0 spiro atoms. The number of carbonyl (C=O) groups is 1. The molecule has 0 aliphatic carbocycles. The van der Waals surface area contributed by atoms with Gasteiger partial charge in [-0.3, -0.25) is 4.79 Å². The molecular weight excluding hydrogens is 365 g/mol. The van der Waals surface area contributed by atoms with Crippen molar-refractivity contribution >= 4 is 12.1 Å². The molecule has 2 aromatic carbocycles. The van der Waals surface area contributed by atoms with Crippen molar-refractivity contribution in [2.75, 3.05) is 0 Å². The number of nitrogens with zero attached hydrogens (tertiary/aromatic N) is 2. The van der Waals surface area contributed by atoms with Crippen LogP contribution in [0.3, 0.4) is 0 Å². The number of benzene rings is 2. The van der Waals surface area contributed by atoms with Crippen molar-refractivity contribution in [1.82, 2.24) is 9.99 Å². The Morgan fingerprint density at radius 1 is 1.03 bits per heavy atom. The lowest BCUT2D eigenvalue weighted by Crippen LogP contribution is -2.19. The van der Waals surface area contributed by atoms with Crippen molar-refractivity contribution in [3.05, 3.63) is 87.5 Å². The van der Waals surface area contributed by atoms with E-state index in [0.29, 0.717) is 0 Å². The van der Waals surface area contributed by atoms with Gasteiger partial charge in [0.1, 0.15) is 5.82 Å². The van der Waals surface area contributed by atoms with Gasteiger partial charge in [0, 0.05) is 17.0 Å². The van der Waals surface area contributed by atoms with Crippen LogP contribution in [0.5, 0.6) is 0 Å². The normalized spacial score (nSPS) is 11.2. The van der Waals surface area contributed by atoms with Crippen LogP contribution in [0.25, 0.3) is 5.69 Å². The summed E-state index contributed by atoms with van der Waals surface area (Å²) in [6.45, 7) is 10.5. The average Bonchev–Trinajstić information content (AvgIpc) is 2.91. The third-order valence-electron chi connectivity index (χ3n) is 5.00. The Hall–Kier alpha value is -3.21. The van der Waals surface area contributed by atoms with E-state index in [1.165, 1.54) is 34.5 Å². The van der Waals surface area contributed by atoms with Gasteiger partial charge in [-0.2, -0.15) is 5.10 Å². The first-order valence-electron chi connectivity index (χ1n) is 9.59. The molecule has 1 N–H and O–H groups in total. The Morgan fingerprint density at radius 3 is 2.28 bits per heavy atom. The van der Waals surface area contributed by atoms with Gasteiger partial charge in [0.25, 0.3) is 0 Å². The third-order valence-corrected chi connectivity index (χ3v) is 5.00. The number of hydrazone groups is 1. The van der Waals surface area contributed by atoms with E-state index < -0.39 is 0 Å². The molecule has 0 bridgehead atoms. The molecule has 1 amide bonds. The number of nitrogens with one attached hydrogen (secondary N) is 1. The van der Waals surface area contributed by atoms with Crippen molar-refractivity contribution in [1.29, 1.82) is 0 Å². The maximum Gasteiger partial charge on any atom is 0.244 e. The molecule has 0 unspecified atom stereocenters. The Morgan fingerprint density at radius 2 is 1.66 bits per heavy atom. The smallest absolute Gasteiger partial charge is 0.244 e. The van der Waals surface area contributed by atoms with Gasteiger partial charge in [-0.15, -0.1) is 0 Å². The Bertz CT molecular complexity index is 1060. The summed E-state index contributed by atoms with van der Waals surface area (Å²) < 4.78 is 15.2. The standard InChI is InChI=1S/C24H26FN3O/c1-15-10-16(2)24(17(3)11-15)28-18(4)12-21(19(28)5)14-26-27-23(29)13-20-6-8-22(25)9-7-20/h6-12,14H,13H2,1-5H3,(H,27,29)/b26-14+. The summed E-state index contributed by atoms with van der Waals surface area (Å²) in [4.78, 5) is 12.1. The number of amides is 1. The SMILES string of the molecule is Cc1cc(C)c(-n2c(C)cc(/C=N/NC(=O)Cc3ccc(F)cc3)c2C)c(C)c1. The summed E-state index contributed by atoms with van der Waals surface area (Å²) in [5.41, 5.74) is 11.3. The second-order valence-electron chi connectivity index (χ2n) is 7.51. The first-order valence-corrected chi connectivity index (χ1v) is 9.59. The third kappa shape index (κ3) is 4.62. The van der Waals surface area contributed by atoms with Crippen LogP contribution in [0.4, 0.5) is 4.39 Å². The number of aryl methyl sites for hydroxylation is 4. The fraction of sp³-hybridized carbons (Fsp3) is 0.250. The van der Waals surface area contributed by atoms with Gasteiger partial charge in [0.15, 0.2) is 0 Å². The fourth-order valence-corrected chi connectivity index (χ4v) is 3.79. The van der Waals surface area contributed by atoms with Crippen LogP contribution in [0.1, 0.15) is 39.2 Å². The minimum Gasteiger partial charge on any atom is -0.317 e. The lowest BCUT2D eigenvalue weighted by atomic mass is 10.0. The highest BCUT2D eigenvalue weighted by molar-refractivity contribution is 5.85. The van der Waals surface area contributed by atoms with Gasteiger partial charge in [0.2, 0.25) is 5.91 Å². The molecule has 0 radical (unpaired) electrons. The largest absolute Gasteiger partial charge is 0.317 e. The molecule has 3 aromatic rings. The zero-order valence-electron chi connectivity index (χ0n) is 17.5. The van der Waals surface area contributed by atoms with Gasteiger partial charge >= 0.3 is 0 Å². The number of hydrogen-bond donors (Lipinski definition) is 1. The minimum atomic E-state index is -0.318. The lowest BCUT2D eigenvalue weighted by Gasteiger charge is -2.16. The van der Waals surface area contributed by atoms with Gasteiger partial charge in [-0.05, 0) is 69.5 Å². The van der Waals surface area contributed by atoms with Crippen molar-refractivity contribution in [2.24, 2.45) is 5.10 Å². The monoisotopic (exact) mass is 391 g/mol. The van der Waals surface area contributed by atoms with Crippen LogP contribution in [-0.2, 0) is 11.2 Å². The van der Waals surface area contributed by atoms with Crippen LogP contribution in [-0.4, -0.2) is 16.7 Å². The van der Waals surface area contributed by atoms with Crippen LogP contribution in [0.2, 0.25) is 0 Å². The maximum absolute atomic E-state index is 13.0. The van der Waals surface area contributed by atoms with E-state index in [4.69, 9.17) is 0 Å². The Kier molecular flexibility index (Phi) is 5.97. The van der Waals surface area contributed by atoms with E-state index >= 15 is 0 Å². The predicted octanol–water partition coefficient (Wildman–Crippen LogP) is 4.85.